The number of hydrogen-bond acceptors (Lipinski definition) is 3. The molecule has 6 heteroatoms. The van der Waals surface area contributed by atoms with E-state index in [4.69, 9.17) is 0 Å². The lowest BCUT2D eigenvalue weighted by molar-refractivity contribution is -0.119. The number of nitrogens with one attached hydrogen (secondary N) is 3. The van der Waals surface area contributed by atoms with Crippen LogP contribution in [0.4, 0.5) is 0 Å². The minimum Gasteiger partial charge on any atom is -0.357 e. The van der Waals surface area contributed by atoms with E-state index in [1.54, 1.807) is 11.3 Å². The van der Waals surface area contributed by atoms with Crippen LogP contribution in [0.25, 0.3) is 0 Å². The zero-order valence-electron chi connectivity index (χ0n) is 12.0. The van der Waals surface area contributed by atoms with E-state index in [9.17, 15) is 4.79 Å². The van der Waals surface area contributed by atoms with Crippen molar-refractivity contribution in [2.24, 2.45) is 4.99 Å². The Labute approximate surface area is 123 Å². The summed E-state index contributed by atoms with van der Waals surface area (Å²) in [5, 5.41) is 11.4. The van der Waals surface area contributed by atoms with E-state index in [0.29, 0.717) is 12.0 Å². The van der Waals surface area contributed by atoms with Crippen molar-refractivity contribution in [1.29, 1.82) is 0 Å². The molecule has 1 fully saturated rings. The van der Waals surface area contributed by atoms with Crippen LogP contribution in [0, 0.1) is 6.92 Å². The molecule has 1 amide bonds. The van der Waals surface area contributed by atoms with E-state index in [1.165, 1.54) is 10.4 Å². The maximum Gasteiger partial charge on any atom is 0.242 e. The first-order valence-corrected chi connectivity index (χ1v) is 7.91. The normalized spacial score (nSPS) is 15.0. The Morgan fingerprint density at radius 2 is 2.25 bits per heavy atom. The quantitative estimate of drug-likeness (QED) is 0.549. The third-order valence-electron chi connectivity index (χ3n) is 3.05. The first-order chi connectivity index (χ1) is 9.69. The molecule has 0 atom stereocenters. The molecule has 0 saturated heterocycles. The molecule has 5 nitrogen and oxygen atoms in total. The van der Waals surface area contributed by atoms with Crippen LogP contribution in [0.1, 0.15) is 30.2 Å². The monoisotopic (exact) mass is 294 g/mol. The van der Waals surface area contributed by atoms with Crippen molar-refractivity contribution in [1.82, 2.24) is 16.0 Å². The van der Waals surface area contributed by atoms with Gasteiger partial charge in [-0.05, 0) is 43.7 Å². The first-order valence-electron chi connectivity index (χ1n) is 7.03. The van der Waals surface area contributed by atoms with Crippen molar-refractivity contribution in [2.75, 3.05) is 13.1 Å². The molecule has 110 valence electrons. The standard InChI is InChI=1S/C14H22N4OS/c1-3-15-14(16-8-12-10(2)6-7-20-12)17-9-13(19)18-11-4-5-11/h6-7,11H,3-5,8-9H2,1-2H3,(H,18,19)(H2,15,16,17). The highest BCUT2D eigenvalue weighted by Gasteiger charge is 2.22. The zero-order chi connectivity index (χ0) is 14.4. The van der Waals surface area contributed by atoms with Gasteiger partial charge >= 0.3 is 0 Å². The summed E-state index contributed by atoms with van der Waals surface area (Å²) in [6.45, 7) is 5.80. The minimum absolute atomic E-state index is 0.00277. The largest absolute Gasteiger partial charge is 0.357 e. The van der Waals surface area contributed by atoms with Gasteiger partial charge in [-0.2, -0.15) is 0 Å². The van der Waals surface area contributed by atoms with Gasteiger partial charge in [0.15, 0.2) is 5.96 Å². The highest BCUT2D eigenvalue weighted by molar-refractivity contribution is 7.10. The molecular formula is C14H22N4OS. The molecule has 20 heavy (non-hydrogen) atoms. The van der Waals surface area contributed by atoms with Gasteiger partial charge in [0, 0.05) is 17.5 Å². The van der Waals surface area contributed by atoms with Gasteiger partial charge in [-0.15, -0.1) is 11.3 Å². The van der Waals surface area contributed by atoms with E-state index >= 15 is 0 Å². The molecular weight excluding hydrogens is 272 g/mol. The highest BCUT2D eigenvalue weighted by Crippen LogP contribution is 2.18. The van der Waals surface area contributed by atoms with Gasteiger partial charge in [0.05, 0.1) is 6.54 Å². The second kappa shape index (κ2) is 7.28. The van der Waals surface area contributed by atoms with Crippen LogP contribution >= 0.6 is 11.3 Å². The number of aryl methyl sites for hydroxylation is 1. The summed E-state index contributed by atoms with van der Waals surface area (Å²) in [6.07, 6.45) is 2.21. The van der Waals surface area contributed by atoms with Crippen molar-refractivity contribution in [3.05, 3.63) is 21.9 Å². The van der Waals surface area contributed by atoms with E-state index in [2.05, 4.69) is 39.3 Å². The fraction of sp³-hybridized carbons (Fsp3) is 0.571. The number of hydrogen-bond donors (Lipinski definition) is 3. The van der Waals surface area contributed by atoms with Gasteiger partial charge in [-0.25, -0.2) is 4.99 Å². The average Bonchev–Trinajstić information content (AvgIpc) is 3.14. The Morgan fingerprint density at radius 3 is 2.85 bits per heavy atom. The molecule has 1 aliphatic rings. The van der Waals surface area contributed by atoms with Crippen molar-refractivity contribution in [2.45, 2.75) is 39.3 Å². The molecule has 0 aromatic carbocycles. The van der Waals surface area contributed by atoms with Gasteiger partial charge in [-0.3, -0.25) is 4.79 Å². The SMILES string of the molecule is CCNC(=NCC(=O)NC1CC1)NCc1sccc1C. The summed E-state index contributed by atoms with van der Waals surface area (Å²) in [6, 6.07) is 2.50. The smallest absolute Gasteiger partial charge is 0.242 e. The zero-order valence-corrected chi connectivity index (χ0v) is 12.8. The molecule has 1 aromatic heterocycles. The van der Waals surface area contributed by atoms with Gasteiger partial charge in [-0.1, -0.05) is 0 Å². The van der Waals surface area contributed by atoms with E-state index in [1.807, 2.05) is 6.92 Å². The fourth-order valence-electron chi connectivity index (χ4n) is 1.74. The summed E-state index contributed by atoms with van der Waals surface area (Å²) in [4.78, 5) is 17.2. The molecule has 2 rings (SSSR count). The predicted molar refractivity (Wildman–Crippen MR) is 83.0 cm³/mol. The molecule has 3 N–H and O–H groups in total. The third-order valence-corrected chi connectivity index (χ3v) is 4.08. The van der Waals surface area contributed by atoms with Gasteiger partial charge in [0.1, 0.15) is 6.54 Å². The Kier molecular flexibility index (Phi) is 5.40. The molecule has 0 bridgehead atoms. The van der Waals surface area contributed by atoms with Crippen LogP contribution in [-0.4, -0.2) is 31.0 Å². The number of aliphatic imine (C=N–C) groups is 1. The van der Waals surface area contributed by atoms with Crippen LogP contribution < -0.4 is 16.0 Å². The fourth-order valence-corrected chi connectivity index (χ4v) is 2.59. The molecule has 0 unspecified atom stereocenters. The molecule has 1 heterocycles. The number of nitrogens with zero attached hydrogens (tertiary/aromatic N) is 1. The number of amides is 1. The maximum atomic E-state index is 11.6. The Bertz CT molecular complexity index is 479. The van der Waals surface area contributed by atoms with Crippen LogP contribution in [0.5, 0.6) is 0 Å². The number of guanidine groups is 1. The number of carbonyl (C=O) groups excluding carboxylic acids is 1. The molecule has 1 saturated carbocycles. The summed E-state index contributed by atoms with van der Waals surface area (Å²) in [5.74, 6) is 0.684. The predicted octanol–water partition coefficient (Wildman–Crippen LogP) is 1.39. The summed E-state index contributed by atoms with van der Waals surface area (Å²) < 4.78 is 0. The van der Waals surface area contributed by atoms with Gasteiger partial charge < -0.3 is 16.0 Å². The number of rotatable bonds is 6. The van der Waals surface area contributed by atoms with Crippen LogP contribution in [0.3, 0.4) is 0 Å². The molecule has 0 aliphatic heterocycles. The molecule has 0 radical (unpaired) electrons. The summed E-state index contributed by atoms with van der Waals surface area (Å²) >= 11 is 1.73. The minimum atomic E-state index is -0.00277. The number of carbonyl (C=O) groups is 1. The van der Waals surface area contributed by atoms with Crippen molar-refractivity contribution in [3.8, 4) is 0 Å². The summed E-state index contributed by atoms with van der Waals surface area (Å²) in [5.41, 5.74) is 1.28. The third kappa shape index (κ3) is 4.85. The van der Waals surface area contributed by atoms with Gasteiger partial charge in [0.25, 0.3) is 0 Å². The van der Waals surface area contributed by atoms with Crippen molar-refractivity contribution < 1.29 is 4.79 Å². The molecule has 1 aliphatic carbocycles. The molecule has 1 aromatic rings. The maximum absolute atomic E-state index is 11.6. The highest BCUT2D eigenvalue weighted by atomic mass is 32.1. The lowest BCUT2D eigenvalue weighted by atomic mass is 10.3. The van der Waals surface area contributed by atoms with Crippen LogP contribution in [-0.2, 0) is 11.3 Å². The number of thiophene rings is 1. The average molecular weight is 294 g/mol. The van der Waals surface area contributed by atoms with E-state index < -0.39 is 0 Å². The first kappa shape index (κ1) is 14.8. The van der Waals surface area contributed by atoms with Crippen molar-refractivity contribution in [3.63, 3.8) is 0 Å². The van der Waals surface area contributed by atoms with Gasteiger partial charge in [0.2, 0.25) is 5.91 Å². The lowest BCUT2D eigenvalue weighted by Crippen LogP contribution is -2.38. The van der Waals surface area contributed by atoms with Crippen LogP contribution in [0.15, 0.2) is 16.4 Å². The van der Waals surface area contributed by atoms with Crippen molar-refractivity contribution >= 4 is 23.2 Å². The second-order valence-electron chi connectivity index (χ2n) is 4.92. The van der Waals surface area contributed by atoms with E-state index in [0.717, 1.165) is 25.9 Å². The van der Waals surface area contributed by atoms with E-state index in [-0.39, 0.29) is 12.5 Å². The summed E-state index contributed by atoms with van der Waals surface area (Å²) in [7, 11) is 0. The Hall–Kier alpha value is -1.56. The second-order valence-corrected chi connectivity index (χ2v) is 5.92. The lowest BCUT2D eigenvalue weighted by Gasteiger charge is -2.11. The topological polar surface area (TPSA) is 65.5 Å². The molecule has 0 spiro atoms. The Balaban J connectivity index is 1.81. The Morgan fingerprint density at radius 1 is 1.45 bits per heavy atom. The van der Waals surface area contributed by atoms with Crippen LogP contribution in [0.2, 0.25) is 0 Å².